The molecule has 174 valence electrons. The molecule has 9 nitrogen and oxygen atoms in total. The normalized spacial score (nSPS) is 20.5. The molecule has 6 rings (SSSR count). The summed E-state index contributed by atoms with van der Waals surface area (Å²) in [5.74, 6) is 0.101. The predicted octanol–water partition coefficient (Wildman–Crippen LogP) is 3.93. The van der Waals surface area contributed by atoms with E-state index in [1.807, 2.05) is 23.0 Å². The highest BCUT2D eigenvalue weighted by Gasteiger charge is 2.33. The number of rotatable bonds is 5. The van der Waals surface area contributed by atoms with Gasteiger partial charge < -0.3 is 20.0 Å². The molecule has 2 fully saturated rings. The smallest absolute Gasteiger partial charge is 0.321 e. The lowest BCUT2D eigenvalue weighted by molar-refractivity contribution is -0.616. The van der Waals surface area contributed by atoms with Crippen LogP contribution in [-0.2, 0) is 0 Å². The number of carbonyl (C=O) groups is 1. The van der Waals surface area contributed by atoms with Crippen molar-refractivity contribution in [3.8, 4) is 11.5 Å². The molecule has 9 heteroatoms. The monoisotopic (exact) mass is 459 g/mol. The average Bonchev–Trinajstić information content (AvgIpc) is 3.36. The SMILES string of the molecule is O=C(Nc1cc2cn(C3CCC(O)CC3)nc2cc1-c1ncco1)c1cccc(C2CC2)[n+]1[O-]. The minimum absolute atomic E-state index is 0.0549. The quantitative estimate of drug-likeness (QED) is 0.345. The number of benzene rings is 1. The first-order valence-electron chi connectivity index (χ1n) is 11.7. The lowest BCUT2D eigenvalue weighted by Gasteiger charge is -2.25. The molecule has 0 spiro atoms. The largest absolute Gasteiger partial charge is 0.618 e. The van der Waals surface area contributed by atoms with Gasteiger partial charge in [0.2, 0.25) is 5.89 Å². The van der Waals surface area contributed by atoms with Crippen molar-refractivity contribution in [1.29, 1.82) is 0 Å². The number of oxazole rings is 1. The summed E-state index contributed by atoms with van der Waals surface area (Å²) in [6.07, 6.45) is 9.96. The van der Waals surface area contributed by atoms with Crippen LogP contribution >= 0.6 is 0 Å². The van der Waals surface area contributed by atoms with Crippen molar-refractivity contribution < 1.29 is 19.0 Å². The van der Waals surface area contributed by atoms with Gasteiger partial charge >= 0.3 is 5.91 Å². The van der Waals surface area contributed by atoms with Crippen LogP contribution in [0, 0.1) is 5.21 Å². The van der Waals surface area contributed by atoms with Gasteiger partial charge in [-0.1, -0.05) is 0 Å². The molecule has 0 radical (unpaired) electrons. The summed E-state index contributed by atoms with van der Waals surface area (Å²) in [5.41, 5.74) is 2.53. The maximum absolute atomic E-state index is 13.1. The second-order valence-electron chi connectivity index (χ2n) is 9.22. The number of nitrogens with zero attached hydrogens (tertiary/aromatic N) is 4. The lowest BCUT2D eigenvalue weighted by atomic mass is 9.93. The maximum Gasteiger partial charge on any atom is 0.321 e. The number of aliphatic hydroxyl groups is 1. The van der Waals surface area contributed by atoms with E-state index in [2.05, 4.69) is 10.3 Å². The molecule has 2 saturated carbocycles. The molecule has 2 N–H and O–H groups in total. The first-order chi connectivity index (χ1) is 16.6. The van der Waals surface area contributed by atoms with Gasteiger partial charge in [-0.05, 0) is 56.7 Å². The van der Waals surface area contributed by atoms with Crippen LogP contribution in [0.4, 0.5) is 5.69 Å². The van der Waals surface area contributed by atoms with Crippen LogP contribution < -0.4 is 10.0 Å². The first kappa shape index (κ1) is 20.9. The minimum Gasteiger partial charge on any atom is -0.618 e. The van der Waals surface area contributed by atoms with Gasteiger partial charge in [-0.25, -0.2) is 4.98 Å². The van der Waals surface area contributed by atoms with Crippen molar-refractivity contribution in [3.05, 3.63) is 65.6 Å². The number of pyridine rings is 1. The molecule has 1 aromatic carbocycles. The molecule has 2 aliphatic carbocycles. The van der Waals surface area contributed by atoms with Crippen molar-refractivity contribution in [2.75, 3.05) is 5.32 Å². The number of aliphatic hydroxyl groups excluding tert-OH is 1. The summed E-state index contributed by atoms with van der Waals surface area (Å²) >= 11 is 0. The summed E-state index contributed by atoms with van der Waals surface area (Å²) < 4.78 is 8.21. The van der Waals surface area contributed by atoms with Crippen LogP contribution in [0.3, 0.4) is 0 Å². The van der Waals surface area contributed by atoms with E-state index in [0.29, 0.717) is 22.8 Å². The van der Waals surface area contributed by atoms with Gasteiger partial charge in [0.05, 0.1) is 35.1 Å². The van der Waals surface area contributed by atoms with Crippen molar-refractivity contribution in [1.82, 2.24) is 14.8 Å². The summed E-state index contributed by atoms with van der Waals surface area (Å²) in [6.45, 7) is 0. The van der Waals surface area contributed by atoms with E-state index in [0.717, 1.165) is 54.2 Å². The molecular weight excluding hydrogens is 434 g/mol. The number of carbonyl (C=O) groups excluding carboxylic acids is 1. The zero-order chi connectivity index (χ0) is 23.2. The molecular formula is C25H25N5O4. The zero-order valence-corrected chi connectivity index (χ0v) is 18.6. The Balaban J connectivity index is 1.36. The van der Waals surface area contributed by atoms with Gasteiger partial charge in [0.1, 0.15) is 6.26 Å². The van der Waals surface area contributed by atoms with Gasteiger partial charge in [-0.15, -0.1) is 0 Å². The van der Waals surface area contributed by atoms with E-state index in [-0.39, 0.29) is 23.8 Å². The van der Waals surface area contributed by atoms with Crippen LogP contribution in [0.5, 0.6) is 0 Å². The number of fused-ring (bicyclic) bond motifs is 1. The van der Waals surface area contributed by atoms with E-state index >= 15 is 0 Å². The minimum atomic E-state index is -0.488. The van der Waals surface area contributed by atoms with Crippen LogP contribution in [0.15, 0.2) is 53.4 Å². The fourth-order valence-electron chi connectivity index (χ4n) is 4.79. The van der Waals surface area contributed by atoms with Gasteiger partial charge in [0.15, 0.2) is 5.69 Å². The third-order valence-corrected chi connectivity index (χ3v) is 6.82. The Hall–Kier alpha value is -3.72. The van der Waals surface area contributed by atoms with E-state index in [9.17, 15) is 15.1 Å². The third kappa shape index (κ3) is 3.81. The number of amides is 1. The Morgan fingerprint density at radius 3 is 2.74 bits per heavy atom. The van der Waals surface area contributed by atoms with E-state index < -0.39 is 5.91 Å². The molecule has 3 heterocycles. The van der Waals surface area contributed by atoms with Crippen LogP contribution in [-0.4, -0.2) is 31.9 Å². The Kier molecular flexibility index (Phi) is 5.06. The zero-order valence-electron chi connectivity index (χ0n) is 18.6. The topological polar surface area (TPSA) is 120 Å². The van der Waals surface area contributed by atoms with E-state index in [4.69, 9.17) is 9.52 Å². The van der Waals surface area contributed by atoms with Crippen molar-refractivity contribution >= 4 is 22.5 Å². The molecule has 4 aromatic rings. The molecule has 0 aliphatic heterocycles. The van der Waals surface area contributed by atoms with Gasteiger partial charge in [0, 0.05) is 29.6 Å². The summed E-state index contributed by atoms with van der Waals surface area (Å²) in [5, 5.41) is 31.2. The molecule has 0 bridgehead atoms. The third-order valence-electron chi connectivity index (χ3n) is 6.82. The second kappa shape index (κ2) is 8.25. The molecule has 0 saturated heterocycles. The second-order valence-corrected chi connectivity index (χ2v) is 9.22. The highest BCUT2D eigenvalue weighted by Crippen LogP contribution is 2.38. The Bertz CT molecular complexity index is 1350. The van der Waals surface area contributed by atoms with Crippen LogP contribution in [0.1, 0.15) is 66.7 Å². The first-order valence-corrected chi connectivity index (χ1v) is 11.7. The van der Waals surface area contributed by atoms with Crippen LogP contribution in [0.25, 0.3) is 22.4 Å². The molecule has 34 heavy (non-hydrogen) atoms. The van der Waals surface area contributed by atoms with Crippen molar-refractivity contribution in [3.63, 3.8) is 0 Å². The summed E-state index contributed by atoms with van der Waals surface area (Å²) in [7, 11) is 0. The standard InChI is InChI=1S/C25H25N5O4/c31-18-8-6-17(7-9-18)29-14-16-12-21(19(13-20(16)28-29)25-26-10-11-34-25)27-24(32)23-3-1-2-22(30(23)33)15-4-5-15/h1-3,10-15,17-18,31H,4-9H2,(H,27,32). The molecule has 2 aliphatic rings. The van der Waals surface area contributed by atoms with Gasteiger partial charge in [-0.2, -0.15) is 9.83 Å². The molecule has 0 unspecified atom stereocenters. The van der Waals surface area contributed by atoms with Gasteiger partial charge in [0.25, 0.3) is 5.69 Å². The lowest BCUT2D eigenvalue weighted by Crippen LogP contribution is -2.40. The van der Waals surface area contributed by atoms with Crippen molar-refractivity contribution in [2.45, 2.75) is 56.6 Å². The number of hydrogen-bond acceptors (Lipinski definition) is 6. The van der Waals surface area contributed by atoms with Gasteiger partial charge in [-0.3, -0.25) is 9.48 Å². The van der Waals surface area contributed by atoms with Crippen LogP contribution in [0.2, 0.25) is 0 Å². The number of nitrogens with one attached hydrogen (secondary N) is 1. The van der Waals surface area contributed by atoms with Crippen molar-refractivity contribution in [2.24, 2.45) is 0 Å². The Labute approximate surface area is 195 Å². The number of anilines is 1. The fourth-order valence-corrected chi connectivity index (χ4v) is 4.79. The number of hydrogen-bond donors (Lipinski definition) is 2. The molecule has 1 amide bonds. The fraction of sp³-hybridized carbons (Fsp3) is 0.360. The predicted molar refractivity (Wildman–Crippen MR) is 124 cm³/mol. The summed E-state index contributed by atoms with van der Waals surface area (Å²) in [4.78, 5) is 17.4. The number of aromatic nitrogens is 4. The summed E-state index contributed by atoms with van der Waals surface area (Å²) in [6, 6.07) is 8.98. The Morgan fingerprint density at radius 1 is 1.18 bits per heavy atom. The highest BCUT2D eigenvalue weighted by atomic mass is 16.5. The molecule has 3 aromatic heterocycles. The molecule has 0 atom stereocenters. The maximum atomic E-state index is 13.1. The Morgan fingerprint density at radius 2 is 2.00 bits per heavy atom. The van der Waals surface area contributed by atoms with E-state index in [1.165, 1.54) is 12.3 Å². The van der Waals surface area contributed by atoms with E-state index in [1.54, 1.807) is 18.3 Å². The average molecular weight is 460 g/mol. The highest BCUT2D eigenvalue weighted by molar-refractivity contribution is 6.05.